The first-order valence-corrected chi connectivity index (χ1v) is 7.61. The molecule has 0 amide bonds. The molecule has 3 atom stereocenters. The van der Waals surface area contributed by atoms with Crippen molar-refractivity contribution in [2.75, 3.05) is 33.9 Å². The van der Waals surface area contributed by atoms with Crippen molar-refractivity contribution in [1.82, 2.24) is 10.2 Å². The van der Waals surface area contributed by atoms with E-state index < -0.39 is 5.54 Å². The second-order valence-electron chi connectivity index (χ2n) is 5.93. The first kappa shape index (κ1) is 17.4. The molecule has 1 heterocycles. The number of hydrogen-bond donors (Lipinski definition) is 1. The normalized spacial score (nSPS) is 23.6. The first-order chi connectivity index (χ1) is 9.42. The fraction of sp³-hybridized carbons (Fsp3) is 0.933. The average molecular weight is 286 g/mol. The zero-order chi connectivity index (χ0) is 15.2. The van der Waals surface area contributed by atoms with Gasteiger partial charge >= 0.3 is 5.97 Å². The van der Waals surface area contributed by atoms with Gasteiger partial charge in [-0.3, -0.25) is 4.79 Å². The maximum Gasteiger partial charge on any atom is 0.326 e. The number of hydrogen-bond acceptors (Lipinski definition) is 5. The van der Waals surface area contributed by atoms with Gasteiger partial charge in [-0.15, -0.1) is 0 Å². The van der Waals surface area contributed by atoms with Crippen LogP contribution in [0.1, 0.15) is 40.0 Å². The van der Waals surface area contributed by atoms with Crippen LogP contribution in [0.5, 0.6) is 0 Å². The van der Waals surface area contributed by atoms with E-state index in [4.69, 9.17) is 9.47 Å². The molecule has 3 unspecified atom stereocenters. The van der Waals surface area contributed by atoms with Gasteiger partial charge in [0.25, 0.3) is 0 Å². The van der Waals surface area contributed by atoms with Crippen molar-refractivity contribution < 1.29 is 14.3 Å². The Morgan fingerprint density at radius 3 is 2.80 bits per heavy atom. The molecule has 20 heavy (non-hydrogen) atoms. The molecule has 0 aromatic carbocycles. The highest BCUT2D eigenvalue weighted by molar-refractivity contribution is 5.80. The molecule has 5 nitrogen and oxygen atoms in total. The minimum atomic E-state index is -0.639. The summed E-state index contributed by atoms with van der Waals surface area (Å²) in [7, 11) is 3.90. The fourth-order valence-corrected chi connectivity index (χ4v) is 2.61. The van der Waals surface area contributed by atoms with Gasteiger partial charge in [0.1, 0.15) is 5.54 Å². The Hall–Kier alpha value is -0.650. The summed E-state index contributed by atoms with van der Waals surface area (Å²) in [5, 5.41) is 3.11. The van der Waals surface area contributed by atoms with Crippen molar-refractivity contribution in [2.24, 2.45) is 0 Å². The van der Waals surface area contributed by atoms with Crippen molar-refractivity contribution in [1.29, 1.82) is 0 Å². The number of nitrogens with zero attached hydrogens (tertiary/aromatic N) is 1. The van der Waals surface area contributed by atoms with Gasteiger partial charge in [0.2, 0.25) is 0 Å². The quantitative estimate of drug-likeness (QED) is 0.684. The number of carbonyl (C=O) groups is 1. The van der Waals surface area contributed by atoms with Crippen LogP contribution in [0.15, 0.2) is 0 Å². The molecule has 0 aromatic heterocycles. The minimum Gasteiger partial charge on any atom is -0.465 e. The molecular formula is C15H30N2O3. The van der Waals surface area contributed by atoms with Crippen molar-refractivity contribution >= 4 is 5.97 Å². The van der Waals surface area contributed by atoms with Crippen LogP contribution in [-0.4, -0.2) is 62.4 Å². The molecule has 0 aromatic rings. The third-order valence-electron chi connectivity index (χ3n) is 4.25. The molecule has 118 valence electrons. The molecule has 1 fully saturated rings. The molecule has 1 saturated heterocycles. The van der Waals surface area contributed by atoms with Gasteiger partial charge in [0, 0.05) is 19.2 Å². The molecule has 1 aliphatic heterocycles. The summed E-state index contributed by atoms with van der Waals surface area (Å²) in [5.41, 5.74) is -0.639. The van der Waals surface area contributed by atoms with Crippen molar-refractivity contribution in [2.45, 2.75) is 57.7 Å². The van der Waals surface area contributed by atoms with Crippen LogP contribution in [0.3, 0.4) is 0 Å². The highest BCUT2D eigenvalue weighted by Gasteiger charge is 2.35. The van der Waals surface area contributed by atoms with Gasteiger partial charge in [-0.25, -0.2) is 0 Å². The SMILES string of the molecule is CCOC(=O)C(C)(CC(C)N(C)CC1CCCO1)NC. The molecule has 5 heteroatoms. The smallest absolute Gasteiger partial charge is 0.326 e. The van der Waals surface area contributed by atoms with Gasteiger partial charge in [0.05, 0.1) is 12.7 Å². The van der Waals surface area contributed by atoms with E-state index in [1.54, 1.807) is 0 Å². The van der Waals surface area contributed by atoms with Crippen LogP contribution in [0.4, 0.5) is 0 Å². The van der Waals surface area contributed by atoms with E-state index in [0.29, 0.717) is 19.1 Å². The van der Waals surface area contributed by atoms with Gasteiger partial charge < -0.3 is 19.7 Å². The summed E-state index contributed by atoms with van der Waals surface area (Å²) >= 11 is 0. The zero-order valence-electron chi connectivity index (χ0n) is 13.6. The Morgan fingerprint density at radius 2 is 2.30 bits per heavy atom. The minimum absolute atomic E-state index is 0.181. The summed E-state index contributed by atoms with van der Waals surface area (Å²) in [5.74, 6) is -0.181. The second-order valence-corrected chi connectivity index (χ2v) is 5.93. The predicted octanol–water partition coefficient (Wildman–Crippen LogP) is 1.42. The number of ether oxygens (including phenoxy) is 2. The van der Waals surface area contributed by atoms with Crippen LogP contribution >= 0.6 is 0 Å². The summed E-state index contributed by atoms with van der Waals surface area (Å²) in [6, 6.07) is 0.279. The molecule has 0 bridgehead atoms. The lowest BCUT2D eigenvalue weighted by molar-refractivity contribution is -0.151. The third-order valence-corrected chi connectivity index (χ3v) is 4.25. The van der Waals surface area contributed by atoms with Crippen molar-refractivity contribution in [3.63, 3.8) is 0 Å². The molecular weight excluding hydrogens is 256 g/mol. The van der Waals surface area contributed by atoms with Gasteiger partial charge in [-0.2, -0.15) is 0 Å². The molecule has 1 rings (SSSR count). The fourth-order valence-electron chi connectivity index (χ4n) is 2.61. The number of carbonyl (C=O) groups excluding carboxylic acids is 1. The van der Waals surface area contributed by atoms with Crippen LogP contribution in [0.25, 0.3) is 0 Å². The predicted molar refractivity (Wildman–Crippen MR) is 79.8 cm³/mol. The summed E-state index contributed by atoms with van der Waals surface area (Å²) < 4.78 is 10.8. The highest BCUT2D eigenvalue weighted by Crippen LogP contribution is 2.19. The van der Waals surface area contributed by atoms with Gasteiger partial charge in [-0.05, 0) is 54.1 Å². The molecule has 1 N–H and O–H groups in total. The highest BCUT2D eigenvalue weighted by atomic mass is 16.5. The van der Waals surface area contributed by atoms with E-state index >= 15 is 0 Å². The molecule has 0 radical (unpaired) electrons. The van der Waals surface area contributed by atoms with Crippen LogP contribution in [-0.2, 0) is 14.3 Å². The molecule has 0 spiro atoms. The Kier molecular flexibility index (Phi) is 6.92. The molecule has 0 aliphatic carbocycles. The van der Waals surface area contributed by atoms with E-state index in [0.717, 1.165) is 26.0 Å². The number of likely N-dealkylation sites (N-methyl/N-ethyl adjacent to an activating group) is 2. The van der Waals surface area contributed by atoms with E-state index in [1.165, 1.54) is 0 Å². The number of rotatable bonds is 8. The lowest BCUT2D eigenvalue weighted by atomic mass is 9.93. The first-order valence-electron chi connectivity index (χ1n) is 7.61. The van der Waals surface area contributed by atoms with Gasteiger partial charge in [0.15, 0.2) is 0 Å². The van der Waals surface area contributed by atoms with Crippen LogP contribution in [0, 0.1) is 0 Å². The Balaban J connectivity index is 2.52. The van der Waals surface area contributed by atoms with E-state index in [-0.39, 0.29) is 12.0 Å². The lowest BCUT2D eigenvalue weighted by Crippen LogP contribution is -2.53. The Morgan fingerprint density at radius 1 is 1.60 bits per heavy atom. The van der Waals surface area contributed by atoms with Crippen molar-refractivity contribution in [3.05, 3.63) is 0 Å². The second kappa shape index (κ2) is 7.96. The van der Waals surface area contributed by atoms with Crippen molar-refractivity contribution in [3.8, 4) is 0 Å². The summed E-state index contributed by atoms with van der Waals surface area (Å²) in [4.78, 5) is 14.3. The van der Waals surface area contributed by atoms with Crippen LogP contribution < -0.4 is 5.32 Å². The monoisotopic (exact) mass is 286 g/mol. The summed E-state index contributed by atoms with van der Waals surface area (Å²) in [6.07, 6.45) is 3.35. The number of esters is 1. The average Bonchev–Trinajstić information content (AvgIpc) is 2.91. The van der Waals surface area contributed by atoms with E-state index in [2.05, 4.69) is 24.2 Å². The topological polar surface area (TPSA) is 50.8 Å². The third kappa shape index (κ3) is 4.72. The number of nitrogens with one attached hydrogen (secondary N) is 1. The maximum atomic E-state index is 12.1. The lowest BCUT2D eigenvalue weighted by Gasteiger charge is -2.34. The Labute approximate surface area is 123 Å². The Bertz CT molecular complexity index is 305. The maximum absolute atomic E-state index is 12.1. The van der Waals surface area contributed by atoms with E-state index in [9.17, 15) is 4.79 Å². The molecule has 0 saturated carbocycles. The summed E-state index contributed by atoms with van der Waals surface area (Å²) in [6.45, 7) is 8.09. The molecule has 1 aliphatic rings. The van der Waals surface area contributed by atoms with E-state index in [1.807, 2.05) is 20.9 Å². The zero-order valence-corrected chi connectivity index (χ0v) is 13.6. The van der Waals surface area contributed by atoms with Crippen LogP contribution in [0.2, 0.25) is 0 Å². The van der Waals surface area contributed by atoms with Gasteiger partial charge in [-0.1, -0.05) is 0 Å². The standard InChI is InChI=1S/C15H30N2O3/c1-6-19-14(18)15(3,16-4)10-12(2)17(5)11-13-8-7-9-20-13/h12-13,16H,6-11H2,1-5H3. The largest absolute Gasteiger partial charge is 0.465 e.